The molecule has 0 bridgehead atoms. The second-order valence-electron chi connectivity index (χ2n) is 4.45. The van der Waals surface area contributed by atoms with Crippen LogP contribution in [-0.4, -0.2) is 26.1 Å². The van der Waals surface area contributed by atoms with Gasteiger partial charge in [-0.15, -0.1) is 11.3 Å². The van der Waals surface area contributed by atoms with Gasteiger partial charge in [0.1, 0.15) is 16.9 Å². The number of rotatable bonds is 3. The molecule has 1 amide bonds. The van der Waals surface area contributed by atoms with Crippen molar-refractivity contribution in [3.8, 4) is 0 Å². The van der Waals surface area contributed by atoms with Crippen LogP contribution in [0.5, 0.6) is 0 Å². The number of ketones is 1. The number of pyridine rings is 1. The zero-order valence-corrected chi connectivity index (χ0v) is 12.3. The molecule has 0 aliphatic carbocycles. The van der Waals surface area contributed by atoms with E-state index in [-0.39, 0.29) is 22.2 Å². The van der Waals surface area contributed by atoms with E-state index in [0.717, 1.165) is 11.3 Å². The van der Waals surface area contributed by atoms with Crippen LogP contribution in [0.3, 0.4) is 0 Å². The Labute approximate surface area is 128 Å². The second-order valence-corrected chi connectivity index (χ2v) is 5.31. The fraction of sp³-hybridized carbons (Fsp3) is 0.0714. The van der Waals surface area contributed by atoms with Gasteiger partial charge in [-0.3, -0.25) is 24.1 Å². The van der Waals surface area contributed by atoms with Gasteiger partial charge in [0.2, 0.25) is 0 Å². The Morgan fingerprint density at radius 2 is 2.14 bits per heavy atom. The van der Waals surface area contributed by atoms with Crippen molar-refractivity contribution in [2.45, 2.75) is 6.92 Å². The number of amides is 1. The summed E-state index contributed by atoms with van der Waals surface area (Å²) in [6.45, 7) is 1.39. The smallest absolute Gasteiger partial charge is 0.270 e. The van der Waals surface area contributed by atoms with Gasteiger partial charge in [-0.25, -0.2) is 9.97 Å². The van der Waals surface area contributed by atoms with E-state index >= 15 is 0 Å². The van der Waals surface area contributed by atoms with Crippen molar-refractivity contribution < 1.29 is 9.59 Å². The minimum atomic E-state index is -0.611. The molecule has 3 aromatic heterocycles. The second kappa shape index (κ2) is 5.49. The predicted molar refractivity (Wildman–Crippen MR) is 81.5 cm³/mol. The van der Waals surface area contributed by atoms with Crippen molar-refractivity contribution in [2.75, 3.05) is 5.32 Å². The fourth-order valence-electron chi connectivity index (χ4n) is 1.84. The maximum atomic E-state index is 12.3. The van der Waals surface area contributed by atoms with Crippen LogP contribution in [0.1, 0.15) is 27.8 Å². The highest BCUT2D eigenvalue weighted by molar-refractivity contribution is 7.14. The zero-order valence-electron chi connectivity index (χ0n) is 11.4. The number of nitrogens with zero attached hydrogens (tertiary/aromatic N) is 3. The lowest BCUT2D eigenvalue weighted by Crippen LogP contribution is -2.26. The molecule has 0 aliphatic heterocycles. The summed E-state index contributed by atoms with van der Waals surface area (Å²) in [7, 11) is 0. The number of aromatic nitrogens is 3. The van der Waals surface area contributed by atoms with E-state index in [1.165, 1.54) is 17.5 Å². The summed E-state index contributed by atoms with van der Waals surface area (Å²) < 4.78 is 1.29. The summed E-state index contributed by atoms with van der Waals surface area (Å²) in [4.78, 5) is 43.7. The Bertz CT molecular complexity index is 944. The van der Waals surface area contributed by atoms with E-state index in [4.69, 9.17) is 0 Å². The summed E-state index contributed by atoms with van der Waals surface area (Å²) in [6, 6.07) is 5.10. The lowest BCUT2D eigenvalue weighted by molar-refractivity contribution is 0.100. The molecule has 110 valence electrons. The van der Waals surface area contributed by atoms with Crippen LogP contribution >= 0.6 is 11.3 Å². The van der Waals surface area contributed by atoms with Gasteiger partial charge in [-0.05, 0) is 12.1 Å². The number of carbonyl (C=O) groups excluding carboxylic acids is 2. The summed E-state index contributed by atoms with van der Waals surface area (Å²) in [5.74, 6) is -0.801. The number of nitrogens with one attached hydrogen (secondary N) is 1. The molecule has 3 rings (SSSR count). The molecule has 0 atom stereocenters. The molecular formula is C14H10N4O3S. The first-order chi connectivity index (χ1) is 10.6. The number of hydrogen-bond acceptors (Lipinski definition) is 6. The van der Waals surface area contributed by atoms with Gasteiger partial charge in [-0.2, -0.15) is 0 Å². The van der Waals surface area contributed by atoms with Gasteiger partial charge < -0.3 is 0 Å². The monoisotopic (exact) mass is 314 g/mol. The van der Waals surface area contributed by atoms with Gasteiger partial charge in [0.25, 0.3) is 11.5 Å². The van der Waals surface area contributed by atoms with Crippen LogP contribution in [0, 0.1) is 0 Å². The molecule has 0 radical (unpaired) electrons. The molecule has 8 heteroatoms. The Morgan fingerprint density at radius 3 is 2.86 bits per heavy atom. The maximum Gasteiger partial charge on any atom is 0.270 e. The lowest BCUT2D eigenvalue weighted by Gasteiger charge is -2.03. The van der Waals surface area contributed by atoms with E-state index in [0.29, 0.717) is 5.65 Å². The molecule has 22 heavy (non-hydrogen) atoms. The molecule has 0 saturated heterocycles. The molecule has 0 saturated carbocycles. The number of anilines is 1. The molecule has 0 aliphatic rings. The highest BCUT2D eigenvalue weighted by atomic mass is 32.1. The highest BCUT2D eigenvalue weighted by Crippen LogP contribution is 2.16. The first kappa shape index (κ1) is 14.1. The quantitative estimate of drug-likeness (QED) is 0.741. The SMILES string of the molecule is CC(=O)c1csc(NC(=O)c2cnc3ccccn3c2=O)n1. The third-order valence-corrected chi connectivity index (χ3v) is 3.70. The summed E-state index contributed by atoms with van der Waals surface area (Å²) in [5, 5.41) is 4.30. The first-order valence-electron chi connectivity index (χ1n) is 6.30. The largest absolute Gasteiger partial charge is 0.298 e. The van der Waals surface area contributed by atoms with Crippen LogP contribution in [0.2, 0.25) is 0 Å². The van der Waals surface area contributed by atoms with E-state index in [1.54, 1.807) is 29.8 Å². The van der Waals surface area contributed by atoms with Crippen molar-refractivity contribution in [3.05, 3.63) is 57.6 Å². The highest BCUT2D eigenvalue weighted by Gasteiger charge is 2.15. The average molecular weight is 314 g/mol. The van der Waals surface area contributed by atoms with E-state index < -0.39 is 11.5 Å². The minimum Gasteiger partial charge on any atom is -0.298 e. The molecule has 0 spiro atoms. The van der Waals surface area contributed by atoms with Gasteiger partial charge in [0.05, 0.1) is 0 Å². The Balaban J connectivity index is 1.93. The number of fused-ring (bicyclic) bond motifs is 1. The maximum absolute atomic E-state index is 12.3. The van der Waals surface area contributed by atoms with Crippen LogP contribution in [0.15, 0.2) is 40.8 Å². The Hall–Kier alpha value is -2.87. The van der Waals surface area contributed by atoms with Crippen molar-refractivity contribution in [3.63, 3.8) is 0 Å². The first-order valence-corrected chi connectivity index (χ1v) is 7.18. The van der Waals surface area contributed by atoms with Crippen molar-refractivity contribution >= 4 is 33.8 Å². The molecule has 0 unspecified atom stereocenters. The van der Waals surface area contributed by atoms with Crippen LogP contribution in [0.25, 0.3) is 5.65 Å². The predicted octanol–water partition coefficient (Wildman–Crippen LogP) is 1.61. The fourth-order valence-corrected chi connectivity index (χ4v) is 2.58. The Kier molecular flexibility index (Phi) is 3.51. The van der Waals surface area contributed by atoms with Gasteiger partial charge in [-0.1, -0.05) is 6.07 Å². The number of carbonyl (C=O) groups is 2. The average Bonchev–Trinajstić information content (AvgIpc) is 2.96. The molecule has 0 aromatic carbocycles. The van der Waals surface area contributed by atoms with Gasteiger partial charge in [0, 0.05) is 24.7 Å². The summed E-state index contributed by atoms with van der Waals surface area (Å²) >= 11 is 1.12. The topological polar surface area (TPSA) is 93.4 Å². The van der Waals surface area contributed by atoms with Gasteiger partial charge in [0.15, 0.2) is 10.9 Å². The summed E-state index contributed by atoms with van der Waals surface area (Å²) in [5.41, 5.74) is 0.167. The zero-order chi connectivity index (χ0) is 15.7. The molecular weight excluding hydrogens is 304 g/mol. The summed E-state index contributed by atoms with van der Waals surface area (Å²) in [6.07, 6.45) is 2.77. The lowest BCUT2D eigenvalue weighted by atomic mass is 10.3. The molecule has 0 fully saturated rings. The molecule has 7 nitrogen and oxygen atoms in total. The van der Waals surface area contributed by atoms with Crippen molar-refractivity contribution in [1.82, 2.24) is 14.4 Å². The van der Waals surface area contributed by atoms with Crippen LogP contribution in [-0.2, 0) is 0 Å². The van der Waals surface area contributed by atoms with Crippen molar-refractivity contribution in [2.24, 2.45) is 0 Å². The van der Waals surface area contributed by atoms with E-state index in [1.807, 2.05) is 0 Å². The third kappa shape index (κ3) is 2.51. The molecule has 3 aromatic rings. The number of thiazole rings is 1. The minimum absolute atomic E-state index is 0.0942. The molecule has 1 N–H and O–H groups in total. The number of Topliss-reactive ketones (excluding diaryl/α,β-unsaturated/α-hetero) is 1. The van der Waals surface area contributed by atoms with E-state index in [2.05, 4.69) is 15.3 Å². The van der Waals surface area contributed by atoms with Crippen molar-refractivity contribution in [1.29, 1.82) is 0 Å². The Morgan fingerprint density at radius 1 is 1.32 bits per heavy atom. The third-order valence-electron chi connectivity index (χ3n) is 2.94. The van der Waals surface area contributed by atoms with Gasteiger partial charge >= 0.3 is 0 Å². The standard InChI is InChI=1S/C14H10N4O3S/c1-8(19)10-7-22-14(16-10)17-12(20)9-6-15-11-4-2-3-5-18(11)13(9)21/h2-7H,1H3,(H,16,17,20). The molecule has 3 heterocycles. The number of hydrogen-bond donors (Lipinski definition) is 1. The van der Waals surface area contributed by atoms with Crippen LogP contribution < -0.4 is 10.9 Å². The normalized spacial score (nSPS) is 10.6. The van der Waals surface area contributed by atoms with E-state index in [9.17, 15) is 14.4 Å². The van der Waals surface area contributed by atoms with Crippen LogP contribution in [0.4, 0.5) is 5.13 Å².